The lowest BCUT2D eigenvalue weighted by molar-refractivity contribution is -0.164. The van der Waals surface area contributed by atoms with E-state index in [0.29, 0.717) is 5.92 Å². The van der Waals surface area contributed by atoms with Crippen LogP contribution in [0.2, 0.25) is 0 Å². The molecule has 2 rings (SSSR count). The van der Waals surface area contributed by atoms with E-state index >= 15 is 0 Å². The number of carboxylic acid groups (broad SMARTS) is 1. The largest absolute Gasteiger partial charge is 0.480 e. The average Bonchev–Trinajstić information content (AvgIpc) is 2.41. The van der Waals surface area contributed by atoms with E-state index in [4.69, 9.17) is 9.84 Å². The Balaban J connectivity index is 1.69. The summed E-state index contributed by atoms with van der Waals surface area (Å²) in [6.45, 7) is 6.69. The number of benzene rings is 1. The van der Waals surface area contributed by atoms with Crippen LogP contribution in [-0.2, 0) is 9.53 Å². The molecule has 0 bridgehead atoms. The Morgan fingerprint density at radius 3 is 2.65 bits per heavy atom. The van der Waals surface area contributed by atoms with E-state index in [1.165, 1.54) is 5.56 Å². The molecule has 1 unspecified atom stereocenters. The number of nitrogens with zero attached hydrogens (tertiary/aromatic N) is 1. The van der Waals surface area contributed by atoms with Crippen molar-refractivity contribution in [2.45, 2.75) is 31.8 Å². The Morgan fingerprint density at radius 1 is 1.40 bits per heavy atom. The summed E-state index contributed by atoms with van der Waals surface area (Å²) in [6, 6.07) is 10.5. The number of hydrogen-bond donors (Lipinski definition) is 1. The van der Waals surface area contributed by atoms with Crippen LogP contribution in [0.25, 0.3) is 0 Å². The van der Waals surface area contributed by atoms with Crippen molar-refractivity contribution < 1.29 is 14.6 Å². The highest BCUT2D eigenvalue weighted by atomic mass is 16.5. The van der Waals surface area contributed by atoms with Crippen LogP contribution in [0.15, 0.2) is 30.3 Å². The van der Waals surface area contributed by atoms with Gasteiger partial charge in [-0.15, -0.1) is 0 Å². The van der Waals surface area contributed by atoms with Gasteiger partial charge in [-0.1, -0.05) is 37.3 Å². The van der Waals surface area contributed by atoms with Crippen molar-refractivity contribution in [1.82, 2.24) is 4.90 Å². The SMILES string of the molecule is CC(CCN1CC(C)(OCC(=O)O)C1)c1ccccc1. The van der Waals surface area contributed by atoms with E-state index < -0.39 is 5.97 Å². The van der Waals surface area contributed by atoms with Gasteiger partial charge in [-0.3, -0.25) is 4.90 Å². The number of carboxylic acids is 1. The van der Waals surface area contributed by atoms with Gasteiger partial charge in [0.05, 0.1) is 5.60 Å². The molecule has 110 valence electrons. The van der Waals surface area contributed by atoms with E-state index in [1.54, 1.807) is 0 Å². The van der Waals surface area contributed by atoms with Gasteiger partial charge in [-0.25, -0.2) is 4.79 Å². The maximum Gasteiger partial charge on any atom is 0.329 e. The van der Waals surface area contributed by atoms with Gasteiger partial charge in [0.25, 0.3) is 0 Å². The van der Waals surface area contributed by atoms with Crippen molar-refractivity contribution in [3.8, 4) is 0 Å². The van der Waals surface area contributed by atoms with Gasteiger partial charge in [0.1, 0.15) is 6.61 Å². The maximum absolute atomic E-state index is 10.5. The van der Waals surface area contributed by atoms with Gasteiger partial charge in [-0.05, 0) is 31.4 Å². The van der Waals surface area contributed by atoms with Crippen molar-refractivity contribution in [3.63, 3.8) is 0 Å². The molecule has 1 saturated heterocycles. The Kier molecular flexibility index (Phi) is 4.78. The summed E-state index contributed by atoms with van der Waals surface area (Å²) in [5, 5.41) is 8.63. The first-order chi connectivity index (χ1) is 9.48. The molecular weight excluding hydrogens is 254 g/mol. The topological polar surface area (TPSA) is 49.8 Å². The third-order valence-electron chi connectivity index (χ3n) is 3.91. The predicted octanol–water partition coefficient (Wildman–Crippen LogP) is 2.36. The Morgan fingerprint density at radius 2 is 2.05 bits per heavy atom. The van der Waals surface area contributed by atoms with Crippen molar-refractivity contribution >= 4 is 5.97 Å². The highest BCUT2D eigenvalue weighted by Gasteiger charge is 2.39. The zero-order valence-electron chi connectivity index (χ0n) is 12.2. The fourth-order valence-electron chi connectivity index (χ4n) is 2.71. The lowest BCUT2D eigenvalue weighted by Gasteiger charge is -2.47. The van der Waals surface area contributed by atoms with Crippen LogP contribution >= 0.6 is 0 Å². The number of likely N-dealkylation sites (tertiary alicyclic amines) is 1. The molecule has 0 saturated carbocycles. The highest BCUT2D eigenvalue weighted by Crippen LogP contribution is 2.26. The summed E-state index contributed by atoms with van der Waals surface area (Å²) < 4.78 is 5.41. The first-order valence-electron chi connectivity index (χ1n) is 7.11. The second-order valence-corrected chi connectivity index (χ2v) is 5.94. The van der Waals surface area contributed by atoms with Crippen molar-refractivity contribution in [1.29, 1.82) is 0 Å². The monoisotopic (exact) mass is 277 g/mol. The van der Waals surface area contributed by atoms with Gasteiger partial charge in [-0.2, -0.15) is 0 Å². The molecule has 1 aliphatic heterocycles. The Hall–Kier alpha value is -1.39. The molecule has 1 atom stereocenters. The fraction of sp³-hybridized carbons (Fsp3) is 0.562. The van der Waals surface area contributed by atoms with Gasteiger partial charge >= 0.3 is 5.97 Å². The average molecular weight is 277 g/mol. The predicted molar refractivity (Wildman–Crippen MR) is 77.9 cm³/mol. The van der Waals surface area contributed by atoms with Gasteiger partial charge < -0.3 is 9.84 Å². The molecule has 1 heterocycles. The van der Waals surface area contributed by atoms with E-state index in [0.717, 1.165) is 26.1 Å². The lowest BCUT2D eigenvalue weighted by atomic mass is 9.93. The third kappa shape index (κ3) is 4.05. The summed E-state index contributed by atoms with van der Waals surface area (Å²) in [5.74, 6) is -0.356. The van der Waals surface area contributed by atoms with Crippen molar-refractivity contribution in [3.05, 3.63) is 35.9 Å². The number of carbonyl (C=O) groups is 1. The molecule has 0 spiro atoms. The number of aliphatic carboxylic acids is 1. The zero-order chi connectivity index (χ0) is 14.6. The summed E-state index contributed by atoms with van der Waals surface area (Å²) in [5.41, 5.74) is 1.09. The van der Waals surface area contributed by atoms with Crippen LogP contribution in [0.3, 0.4) is 0 Å². The van der Waals surface area contributed by atoms with Gasteiger partial charge in [0.15, 0.2) is 0 Å². The molecule has 0 radical (unpaired) electrons. The fourth-order valence-corrected chi connectivity index (χ4v) is 2.71. The zero-order valence-corrected chi connectivity index (χ0v) is 12.2. The van der Waals surface area contributed by atoms with Crippen LogP contribution in [0.5, 0.6) is 0 Å². The third-order valence-corrected chi connectivity index (χ3v) is 3.91. The number of hydrogen-bond acceptors (Lipinski definition) is 3. The quantitative estimate of drug-likeness (QED) is 0.831. The van der Waals surface area contributed by atoms with Crippen LogP contribution < -0.4 is 0 Å². The number of rotatable bonds is 7. The first kappa shape index (κ1) is 15.0. The van der Waals surface area contributed by atoms with E-state index in [2.05, 4.69) is 36.1 Å². The summed E-state index contributed by atoms with van der Waals surface area (Å²) in [4.78, 5) is 12.8. The van der Waals surface area contributed by atoms with Crippen LogP contribution in [0.4, 0.5) is 0 Å². The molecule has 4 heteroatoms. The molecule has 0 aromatic heterocycles. The van der Waals surface area contributed by atoms with Gasteiger partial charge in [0, 0.05) is 13.1 Å². The normalized spacial score (nSPS) is 19.3. The molecule has 1 aromatic rings. The Labute approximate surface area is 120 Å². The smallest absolute Gasteiger partial charge is 0.329 e. The molecule has 1 fully saturated rings. The number of ether oxygens (including phenoxy) is 1. The van der Waals surface area contributed by atoms with Crippen molar-refractivity contribution in [2.24, 2.45) is 0 Å². The second-order valence-electron chi connectivity index (χ2n) is 5.94. The molecule has 0 amide bonds. The Bertz CT molecular complexity index is 440. The van der Waals surface area contributed by atoms with E-state index in [9.17, 15) is 4.79 Å². The van der Waals surface area contributed by atoms with Crippen LogP contribution in [-0.4, -0.2) is 47.8 Å². The highest BCUT2D eigenvalue weighted by molar-refractivity contribution is 5.68. The molecule has 1 N–H and O–H groups in total. The van der Waals surface area contributed by atoms with Gasteiger partial charge in [0.2, 0.25) is 0 Å². The van der Waals surface area contributed by atoms with Crippen LogP contribution in [0, 0.1) is 0 Å². The minimum atomic E-state index is -0.901. The van der Waals surface area contributed by atoms with Crippen molar-refractivity contribution in [2.75, 3.05) is 26.2 Å². The summed E-state index contributed by atoms with van der Waals surface area (Å²) in [7, 11) is 0. The van der Waals surface area contributed by atoms with E-state index in [1.807, 2.05) is 13.0 Å². The van der Waals surface area contributed by atoms with E-state index in [-0.39, 0.29) is 12.2 Å². The molecule has 1 aliphatic rings. The standard InChI is InChI=1S/C16H23NO3/c1-13(14-6-4-3-5-7-14)8-9-17-11-16(2,12-17)20-10-15(18)19/h3-7,13H,8-12H2,1-2H3,(H,18,19). The minimum Gasteiger partial charge on any atom is -0.480 e. The molecule has 1 aromatic carbocycles. The molecule has 0 aliphatic carbocycles. The first-order valence-corrected chi connectivity index (χ1v) is 7.11. The summed E-state index contributed by atoms with van der Waals surface area (Å²) in [6.07, 6.45) is 1.11. The van der Waals surface area contributed by atoms with Crippen LogP contribution in [0.1, 0.15) is 31.7 Å². The maximum atomic E-state index is 10.5. The molecule has 20 heavy (non-hydrogen) atoms. The summed E-state index contributed by atoms with van der Waals surface area (Å²) >= 11 is 0. The lowest BCUT2D eigenvalue weighted by Crippen LogP contribution is -2.61. The minimum absolute atomic E-state index is 0.204. The molecular formula is C16H23NO3. The second kappa shape index (κ2) is 6.37. The molecule has 4 nitrogen and oxygen atoms in total.